The van der Waals surface area contributed by atoms with Crippen molar-refractivity contribution in [3.05, 3.63) is 96.8 Å². The second kappa shape index (κ2) is 6.12. The van der Waals surface area contributed by atoms with Crippen molar-refractivity contribution in [2.75, 3.05) is 0 Å². The Labute approximate surface area is 151 Å². The zero-order valence-corrected chi connectivity index (χ0v) is 14.2. The van der Waals surface area contributed by atoms with E-state index < -0.39 is 0 Å². The molecule has 0 fully saturated rings. The maximum absolute atomic E-state index is 4.63. The Morgan fingerprint density at radius 3 is 2.54 bits per heavy atom. The van der Waals surface area contributed by atoms with E-state index in [1.807, 2.05) is 23.1 Å². The fourth-order valence-corrected chi connectivity index (χ4v) is 3.47. The summed E-state index contributed by atoms with van der Waals surface area (Å²) in [6.45, 7) is 0.774. The van der Waals surface area contributed by atoms with Crippen LogP contribution in [0.3, 0.4) is 0 Å². The highest BCUT2D eigenvalue weighted by Crippen LogP contribution is 2.29. The number of rotatable bonds is 3. The van der Waals surface area contributed by atoms with E-state index in [1.54, 1.807) is 0 Å². The molecule has 0 saturated carbocycles. The van der Waals surface area contributed by atoms with Crippen molar-refractivity contribution in [3.8, 4) is 11.3 Å². The molecule has 0 spiro atoms. The summed E-state index contributed by atoms with van der Waals surface area (Å²) >= 11 is 0. The SMILES string of the molecule is c1ccc(Cn2ncc3cc(-c4nccc5ccccc45)ccc32)cc1. The van der Waals surface area contributed by atoms with Crippen LogP contribution in [0.25, 0.3) is 32.9 Å². The third-order valence-corrected chi connectivity index (χ3v) is 4.76. The van der Waals surface area contributed by atoms with Crippen LogP contribution in [-0.2, 0) is 6.54 Å². The monoisotopic (exact) mass is 335 g/mol. The second-order valence-corrected chi connectivity index (χ2v) is 6.44. The molecular weight excluding hydrogens is 318 g/mol. The van der Waals surface area contributed by atoms with E-state index >= 15 is 0 Å². The fourth-order valence-electron chi connectivity index (χ4n) is 3.47. The van der Waals surface area contributed by atoms with Gasteiger partial charge in [-0.15, -0.1) is 0 Å². The minimum Gasteiger partial charge on any atom is -0.260 e. The van der Waals surface area contributed by atoms with Gasteiger partial charge < -0.3 is 0 Å². The summed E-state index contributed by atoms with van der Waals surface area (Å²) < 4.78 is 2.05. The molecule has 0 radical (unpaired) electrons. The average molecular weight is 335 g/mol. The van der Waals surface area contributed by atoms with Gasteiger partial charge in [0.15, 0.2) is 0 Å². The van der Waals surface area contributed by atoms with Gasteiger partial charge in [-0.05, 0) is 29.1 Å². The quantitative estimate of drug-likeness (QED) is 0.448. The molecule has 2 heterocycles. The smallest absolute Gasteiger partial charge is 0.0780 e. The predicted molar refractivity (Wildman–Crippen MR) is 106 cm³/mol. The van der Waals surface area contributed by atoms with E-state index in [0.29, 0.717) is 0 Å². The first kappa shape index (κ1) is 14.8. The number of benzene rings is 3. The van der Waals surface area contributed by atoms with Gasteiger partial charge in [0.2, 0.25) is 0 Å². The van der Waals surface area contributed by atoms with Crippen LogP contribution in [-0.4, -0.2) is 14.8 Å². The predicted octanol–water partition coefficient (Wildman–Crippen LogP) is 5.30. The Kier molecular flexibility index (Phi) is 3.49. The van der Waals surface area contributed by atoms with Crippen LogP contribution in [0.1, 0.15) is 5.56 Å². The molecule has 0 unspecified atom stereocenters. The van der Waals surface area contributed by atoms with E-state index in [9.17, 15) is 0 Å². The van der Waals surface area contributed by atoms with Crippen LogP contribution in [0.15, 0.2) is 91.3 Å². The maximum atomic E-state index is 4.63. The first-order valence-electron chi connectivity index (χ1n) is 8.72. The average Bonchev–Trinajstić information content (AvgIpc) is 3.10. The number of aromatic nitrogens is 3. The molecule has 5 rings (SSSR count). The molecule has 26 heavy (non-hydrogen) atoms. The minimum absolute atomic E-state index is 0.774. The Morgan fingerprint density at radius 2 is 1.62 bits per heavy atom. The van der Waals surface area contributed by atoms with Crippen molar-refractivity contribution >= 4 is 21.7 Å². The summed E-state index contributed by atoms with van der Waals surface area (Å²) in [5.74, 6) is 0. The molecule has 0 aliphatic carbocycles. The molecule has 2 aromatic heterocycles. The number of pyridine rings is 1. The first-order valence-corrected chi connectivity index (χ1v) is 8.72. The van der Waals surface area contributed by atoms with Gasteiger partial charge in [-0.25, -0.2) is 0 Å². The van der Waals surface area contributed by atoms with Crippen molar-refractivity contribution < 1.29 is 0 Å². The number of fused-ring (bicyclic) bond motifs is 2. The lowest BCUT2D eigenvalue weighted by Gasteiger charge is -2.07. The summed E-state index contributed by atoms with van der Waals surface area (Å²) in [6.07, 6.45) is 3.81. The van der Waals surface area contributed by atoms with Gasteiger partial charge in [-0.2, -0.15) is 5.10 Å². The highest BCUT2D eigenvalue weighted by molar-refractivity contribution is 5.96. The minimum atomic E-state index is 0.774. The van der Waals surface area contributed by atoms with Crippen LogP contribution < -0.4 is 0 Å². The molecule has 0 amide bonds. The molecule has 0 atom stereocenters. The lowest BCUT2D eigenvalue weighted by atomic mass is 10.0. The fraction of sp³-hybridized carbons (Fsp3) is 0.0435. The number of hydrogen-bond donors (Lipinski definition) is 0. The van der Waals surface area contributed by atoms with Crippen LogP contribution in [0.4, 0.5) is 0 Å². The molecular formula is C23H17N3. The van der Waals surface area contributed by atoms with Crippen molar-refractivity contribution in [3.63, 3.8) is 0 Å². The van der Waals surface area contributed by atoms with Crippen LogP contribution in [0, 0.1) is 0 Å². The standard InChI is InChI=1S/C23H17N3/c1-2-6-17(7-3-1)16-26-22-11-10-19(14-20(22)15-25-26)23-21-9-5-4-8-18(21)12-13-24-23/h1-15H,16H2. The Bertz CT molecular complexity index is 1200. The van der Waals surface area contributed by atoms with Gasteiger partial charge in [-0.1, -0.05) is 60.7 Å². The lowest BCUT2D eigenvalue weighted by molar-refractivity contribution is 0.712. The molecule has 3 nitrogen and oxygen atoms in total. The van der Waals surface area contributed by atoms with Gasteiger partial charge in [-0.3, -0.25) is 9.67 Å². The summed E-state index contributed by atoms with van der Waals surface area (Å²) in [5, 5.41) is 8.09. The summed E-state index contributed by atoms with van der Waals surface area (Å²) in [6, 6.07) is 27.3. The largest absolute Gasteiger partial charge is 0.260 e. The zero-order valence-electron chi connectivity index (χ0n) is 14.2. The van der Waals surface area contributed by atoms with Gasteiger partial charge in [0, 0.05) is 22.5 Å². The van der Waals surface area contributed by atoms with E-state index in [-0.39, 0.29) is 0 Å². The molecule has 0 bridgehead atoms. The third kappa shape index (κ3) is 2.54. The third-order valence-electron chi connectivity index (χ3n) is 4.76. The van der Waals surface area contributed by atoms with E-state index in [2.05, 4.69) is 82.9 Å². The van der Waals surface area contributed by atoms with Gasteiger partial charge in [0.05, 0.1) is 24.0 Å². The first-order chi connectivity index (χ1) is 12.9. The molecule has 3 heteroatoms. The van der Waals surface area contributed by atoms with Crippen LogP contribution in [0.5, 0.6) is 0 Å². The molecule has 5 aromatic rings. The highest BCUT2D eigenvalue weighted by atomic mass is 15.3. The normalized spacial score (nSPS) is 11.2. The summed E-state index contributed by atoms with van der Waals surface area (Å²) in [7, 11) is 0. The molecule has 0 saturated heterocycles. The van der Waals surface area contributed by atoms with Gasteiger partial charge >= 0.3 is 0 Å². The van der Waals surface area contributed by atoms with Crippen molar-refractivity contribution in [2.24, 2.45) is 0 Å². The molecule has 0 N–H and O–H groups in total. The summed E-state index contributed by atoms with van der Waals surface area (Å²) in [5.41, 5.74) is 4.52. The zero-order chi connectivity index (χ0) is 17.3. The molecule has 3 aromatic carbocycles. The maximum Gasteiger partial charge on any atom is 0.0780 e. The lowest BCUT2D eigenvalue weighted by Crippen LogP contribution is -2.00. The molecule has 0 aliphatic heterocycles. The Balaban J connectivity index is 1.59. The van der Waals surface area contributed by atoms with E-state index in [0.717, 1.165) is 28.7 Å². The Morgan fingerprint density at radius 1 is 0.769 bits per heavy atom. The van der Waals surface area contributed by atoms with Crippen LogP contribution >= 0.6 is 0 Å². The highest BCUT2D eigenvalue weighted by Gasteiger charge is 2.09. The number of nitrogens with zero attached hydrogens (tertiary/aromatic N) is 3. The Hall–Kier alpha value is -3.46. The molecule has 124 valence electrons. The van der Waals surface area contributed by atoms with Gasteiger partial charge in [0.25, 0.3) is 0 Å². The van der Waals surface area contributed by atoms with E-state index in [1.165, 1.54) is 16.3 Å². The van der Waals surface area contributed by atoms with Crippen molar-refractivity contribution in [1.29, 1.82) is 0 Å². The molecule has 0 aliphatic rings. The van der Waals surface area contributed by atoms with E-state index in [4.69, 9.17) is 0 Å². The second-order valence-electron chi connectivity index (χ2n) is 6.44. The van der Waals surface area contributed by atoms with Crippen molar-refractivity contribution in [1.82, 2.24) is 14.8 Å². The van der Waals surface area contributed by atoms with Crippen LogP contribution in [0.2, 0.25) is 0 Å². The summed E-state index contributed by atoms with van der Waals surface area (Å²) in [4.78, 5) is 4.63. The van der Waals surface area contributed by atoms with Gasteiger partial charge in [0.1, 0.15) is 0 Å². The topological polar surface area (TPSA) is 30.7 Å². The number of hydrogen-bond acceptors (Lipinski definition) is 2. The van der Waals surface area contributed by atoms with Crippen molar-refractivity contribution in [2.45, 2.75) is 6.54 Å².